The molecule has 0 aromatic heterocycles. The Labute approximate surface area is 124 Å². The third-order valence-corrected chi connectivity index (χ3v) is 6.88. The number of rotatable bonds is 4. The normalized spacial score (nSPS) is 35.3. The lowest BCUT2D eigenvalue weighted by atomic mass is 9.73. The van der Waals surface area contributed by atoms with Crippen molar-refractivity contribution in [3.05, 3.63) is 0 Å². The van der Waals surface area contributed by atoms with Crippen molar-refractivity contribution in [2.75, 3.05) is 38.2 Å². The molecule has 5 heteroatoms. The first-order chi connectivity index (χ1) is 9.41. The van der Waals surface area contributed by atoms with Gasteiger partial charge in [0.05, 0.1) is 11.5 Å². The summed E-state index contributed by atoms with van der Waals surface area (Å²) in [7, 11) is -0.694. The van der Waals surface area contributed by atoms with Crippen LogP contribution in [0.3, 0.4) is 0 Å². The van der Waals surface area contributed by atoms with Crippen LogP contribution < -0.4 is 5.32 Å². The minimum atomic E-state index is -2.76. The van der Waals surface area contributed by atoms with Gasteiger partial charge in [-0.05, 0) is 44.1 Å². The first-order valence-corrected chi connectivity index (χ1v) is 9.83. The van der Waals surface area contributed by atoms with Crippen LogP contribution in [0.2, 0.25) is 0 Å². The molecule has 2 fully saturated rings. The summed E-state index contributed by atoms with van der Waals surface area (Å²) in [6, 6.07) is 0.600. The second-order valence-corrected chi connectivity index (χ2v) is 9.23. The highest BCUT2D eigenvalue weighted by Crippen LogP contribution is 2.34. The van der Waals surface area contributed by atoms with Crippen molar-refractivity contribution in [1.82, 2.24) is 10.2 Å². The Kier molecular flexibility index (Phi) is 5.49. The average molecular weight is 302 g/mol. The largest absolute Gasteiger partial charge is 0.317 e. The predicted octanol–water partition coefficient (Wildman–Crippen LogP) is 1.38. The van der Waals surface area contributed by atoms with Crippen molar-refractivity contribution in [1.29, 1.82) is 0 Å². The molecule has 1 heterocycles. The zero-order valence-electron chi connectivity index (χ0n) is 13.1. The van der Waals surface area contributed by atoms with E-state index < -0.39 is 9.84 Å². The highest BCUT2D eigenvalue weighted by atomic mass is 32.2. The zero-order chi connectivity index (χ0) is 14.8. The molecular weight excluding hydrogens is 272 g/mol. The number of nitrogens with one attached hydrogen (secondary N) is 1. The van der Waals surface area contributed by atoms with Crippen molar-refractivity contribution in [3.63, 3.8) is 0 Å². The first-order valence-electron chi connectivity index (χ1n) is 8.01. The van der Waals surface area contributed by atoms with Gasteiger partial charge in [-0.3, -0.25) is 0 Å². The molecule has 4 nitrogen and oxygen atoms in total. The van der Waals surface area contributed by atoms with Crippen molar-refractivity contribution >= 4 is 9.84 Å². The van der Waals surface area contributed by atoms with Crippen LogP contribution in [-0.4, -0.2) is 57.5 Å². The van der Waals surface area contributed by atoms with Gasteiger partial charge in [-0.2, -0.15) is 0 Å². The average Bonchev–Trinajstić information content (AvgIpc) is 2.41. The molecule has 1 aliphatic heterocycles. The molecule has 3 atom stereocenters. The second kappa shape index (κ2) is 6.75. The van der Waals surface area contributed by atoms with Gasteiger partial charge < -0.3 is 10.2 Å². The van der Waals surface area contributed by atoms with Crippen molar-refractivity contribution in [3.8, 4) is 0 Å². The molecule has 0 spiro atoms. The van der Waals surface area contributed by atoms with Crippen molar-refractivity contribution in [2.45, 2.75) is 39.2 Å². The van der Waals surface area contributed by atoms with Crippen LogP contribution in [0.25, 0.3) is 0 Å². The van der Waals surface area contributed by atoms with Gasteiger partial charge in [0.15, 0.2) is 9.84 Å². The molecule has 2 rings (SSSR count). The van der Waals surface area contributed by atoms with Gasteiger partial charge in [0.1, 0.15) is 0 Å². The quantitative estimate of drug-likeness (QED) is 0.852. The van der Waals surface area contributed by atoms with Gasteiger partial charge in [0.25, 0.3) is 0 Å². The first kappa shape index (κ1) is 16.2. The molecule has 0 radical (unpaired) electrons. The number of nitrogens with zero attached hydrogens (tertiary/aromatic N) is 1. The van der Waals surface area contributed by atoms with Crippen molar-refractivity contribution < 1.29 is 8.42 Å². The number of hydrogen-bond donors (Lipinski definition) is 1. The van der Waals surface area contributed by atoms with Gasteiger partial charge in [0, 0.05) is 25.7 Å². The topological polar surface area (TPSA) is 49.4 Å². The fourth-order valence-corrected chi connectivity index (χ4v) is 5.03. The Morgan fingerprint density at radius 2 is 1.85 bits per heavy atom. The van der Waals surface area contributed by atoms with Crippen LogP contribution in [-0.2, 0) is 9.84 Å². The van der Waals surface area contributed by atoms with Crippen LogP contribution in [0.15, 0.2) is 0 Å². The summed E-state index contributed by atoms with van der Waals surface area (Å²) in [5, 5.41) is 3.47. The molecule has 20 heavy (non-hydrogen) atoms. The summed E-state index contributed by atoms with van der Waals surface area (Å²) in [4.78, 5) is 2.36. The molecule has 118 valence electrons. The van der Waals surface area contributed by atoms with Crippen LogP contribution >= 0.6 is 0 Å². The van der Waals surface area contributed by atoms with E-state index in [-0.39, 0.29) is 0 Å². The Morgan fingerprint density at radius 3 is 2.40 bits per heavy atom. The predicted molar refractivity (Wildman–Crippen MR) is 83.6 cm³/mol. The lowest BCUT2D eigenvalue weighted by Gasteiger charge is -2.41. The summed E-state index contributed by atoms with van der Waals surface area (Å²) in [6.45, 7) is 7.16. The van der Waals surface area contributed by atoms with E-state index in [1.807, 2.05) is 0 Å². The molecule has 2 aliphatic rings. The van der Waals surface area contributed by atoms with Gasteiger partial charge in [0.2, 0.25) is 0 Å². The molecule has 0 aromatic rings. The second-order valence-electron chi connectivity index (χ2n) is 6.92. The molecule has 1 aliphatic carbocycles. The summed E-state index contributed by atoms with van der Waals surface area (Å²) in [5.41, 5.74) is 0. The molecule has 3 unspecified atom stereocenters. The summed E-state index contributed by atoms with van der Waals surface area (Å²) >= 11 is 0. The SMILES string of the molecule is CNC1CCC(C(C)C)CC1CN1CCS(=O)(=O)CC1. The van der Waals surface area contributed by atoms with E-state index in [4.69, 9.17) is 0 Å². The Hall–Kier alpha value is -0.130. The Bertz CT molecular complexity index is 394. The van der Waals surface area contributed by atoms with E-state index in [2.05, 4.69) is 31.1 Å². The van der Waals surface area contributed by atoms with Crippen LogP contribution in [0.4, 0.5) is 0 Å². The molecule has 0 aromatic carbocycles. The van der Waals surface area contributed by atoms with Crippen molar-refractivity contribution in [2.24, 2.45) is 17.8 Å². The van der Waals surface area contributed by atoms with Crippen LogP contribution in [0.1, 0.15) is 33.1 Å². The fourth-order valence-electron chi connectivity index (χ4n) is 3.75. The van der Waals surface area contributed by atoms with E-state index in [1.54, 1.807) is 0 Å². The lowest BCUT2D eigenvalue weighted by molar-refractivity contribution is 0.129. The van der Waals surface area contributed by atoms with Gasteiger partial charge in [-0.1, -0.05) is 13.8 Å². The molecule has 1 N–H and O–H groups in total. The van der Waals surface area contributed by atoms with E-state index in [0.717, 1.165) is 31.5 Å². The fraction of sp³-hybridized carbons (Fsp3) is 1.00. The minimum Gasteiger partial charge on any atom is -0.317 e. The number of hydrogen-bond acceptors (Lipinski definition) is 4. The molecular formula is C15H30N2O2S. The summed E-state index contributed by atoms with van der Waals surface area (Å²) in [5.74, 6) is 2.95. The highest BCUT2D eigenvalue weighted by Gasteiger charge is 2.33. The highest BCUT2D eigenvalue weighted by molar-refractivity contribution is 7.91. The molecule has 1 saturated carbocycles. The minimum absolute atomic E-state index is 0.345. The molecule has 0 bridgehead atoms. The third-order valence-electron chi connectivity index (χ3n) is 5.27. The molecule has 1 saturated heterocycles. The number of sulfone groups is 1. The zero-order valence-corrected chi connectivity index (χ0v) is 14.0. The molecule has 0 amide bonds. The van der Waals surface area contributed by atoms with Crippen LogP contribution in [0.5, 0.6) is 0 Å². The smallest absolute Gasteiger partial charge is 0.152 e. The van der Waals surface area contributed by atoms with E-state index >= 15 is 0 Å². The van der Waals surface area contributed by atoms with Gasteiger partial charge in [-0.15, -0.1) is 0 Å². The van der Waals surface area contributed by atoms with Gasteiger partial charge in [-0.25, -0.2) is 8.42 Å². The van der Waals surface area contributed by atoms with E-state index in [0.29, 0.717) is 23.5 Å². The lowest BCUT2D eigenvalue weighted by Crippen LogP contribution is -2.48. The van der Waals surface area contributed by atoms with E-state index in [9.17, 15) is 8.42 Å². The van der Waals surface area contributed by atoms with Crippen LogP contribution in [0, 0.1) is 17.8 Å². The maximum atomic E-state index is 11.5. The Morgan fingerprint density at radius 1 is 1.20 bits per heavy atom. The summed E-state index contributed by atoms with van der Waals surface area (Å²) in [6.07, 6.45) is 3.87. The maximum absolute atomic E-state index is 11.5. The maximum Gasteiger partial charge on any atom is 0.152 e. The Balaban J connectivity index is 1.91. The monoisotopic (exact) mass is 302 g/mol. The third kappa shape index (κ3) is 4.18. The van der Waals surface area contributed by atoms with E-state index in [1.165, 1.54) is 19.3 Å². The standard InChI is InChI=1S/C15H30N2O2S/c1-12(2)13-4-5-15(16-3)14(10-13)11-17-6-8-20(18,19)9-7-17/h12-16H,4-11H2,1-3H3. The summed E-state index contributed by atoms with van der Waals surface area (Å²) < 4.78 is 23.0. The van der Waals surface area contributed by atoms with Gasteiger partial charge >= 0.3 is 0 Å².